The highest BCUT2D eigenvalue weighted by Crippen LogP contribution is 2.35. The average molecular weight is 429 g/mol. The SMILES string of the molecule is CCCNC(=O)[C@@]1(Cc2ccc(-c3ccncc3)cc2)CCCN(Cc2cccnc2)C1. The lowest BCUT2D eigenvalue weighted by molar-refractivity contribution is -0.134. The van der Waals surface area contributed by atoms with Crippen molar-refractivity contribution in [2.75, 3.05) is 19.6 Å². The molecular formula is C27H32N4O. The number of carbonyl (C=O) groups is 1. The van der Waals surface area contributed by atoms with Gasteiger partial charge in [0.1, 0.15) is 0 Å². The molecule has 0 saturated carbocycles. The van der Waals surface area contributed by atoms with Crippen molar-refractivity contribution >= 4 is 5.91 Å². The van der Waals surface area contributed by atoms with Gasteiger partial charge < -0.3 is 5.32 Å². The second-order valence-electron chi connectivity index (χ2n) is 8.82. The fraction of sp³-hybridized carbons (Fsp3) is 0.370. The topological polar surface area (TPSA) is 58.1 Å². The molecule has 1 saturated heterocycles. The molecule has 0 spiro atoms. The number of carbonyl (C=O) groups excluding carboxylic acids is 1. The summed E-state index contributed by atoms with van der Waals surface area (Å²) in [4.78, 5) is 24.2. The van der Waals surface area contributed by atoms with Gasteiger partial charge in [0.05, 0.1) is 5.41 Å². The number of hydrogen-bond donors (Lipinski definition) is 1. The van der Waals surface area contributed by atoms with E-state index >= 15 is 0 Å². The van der Waals surface area contributed by atoms with Gasteiger partial charge in [-0.3, -0.25) is 19.7 Å². The molecule has 0 unspecified atom stereocenters. The molecular weight excluding hydrogens is 396 g/mol. The van der Waals surface area contributed by atoms with E-state index < -0.39 is 5.41 Å². The summed E-state index contributed by atoms with van der Waals surface area (Å²) in [7, 11) is 0. The zero-order valence-electron chi connectivity index (χ0n) is 18.8. The van der Waals surface area contributed by atoms with Crippen LogP contribution in [0.1, 0.15) is 37.3 Å². The third kappa shape index (κ3) is 5.40. The average Bonchev–Trinajstić information content (AvgIpc) is 2.84. The summed E-state index contributed by atoms with van der Waals surface area (Å²) in [6.07, 6.45) is 11.0. The summed E-state index contributed by atoms with van der Waals surface area (Å²) in [6, 6.07) is 16.8. The van der Waals surface area contributed by atoms with Gasteiger partial charge in [0.2, 0.25) is 5.91 Å². The number of piperidine rings is 1. The summed E-state index contributed by atoms with van der Waals surface area (Å²) in [5.74, 6) is 0.188. The Morgan fingerprint density at radius 1 is 1.00 bits per heavy atom. The molecule has 0 radical (unpaired) electrons. The van der Waals surface area contributed by atoms with Crippen LogP contribution >= 0.6 is 0 Å². The van der Waals surface area contributed by atoms with Crippen LogP contribution in [0.25, 0.3) is 11.1 Å². The van der Waals surface area contributed by atoms with E-state index in [4.69, 9.17) is 0 Å². The van der Waals surface area contributed by atoms with Crippen molar-refractivity contribution in [2.24, 2.45) is 5.41 Å². The van der Waals surface area contributed by atoms with Crippen molar-refractivity contribution in [1.82, 2.24) is 20.2 Å². The van der Waals surface area contributed by atoms with Crippen LogP contribution < -0.4 is 5.32 Å². The molecule has 0 aliphatic carbocycles. The summed E-state index contributed by atoms with van der Waals surface area (Å²) >= 11 is 0. The largest absolute Gasteiger partial charge is 0.356 e. The number of nitrogens with zero attached hydrogens (tertiary/aromatic N) is 3. The van der Waals surface area contributed by atoms with Crippen molar-refractivity contribution in [3.63, 3.8) is 0 Å². The summed E-state index contributed by atoms with van der Waals surface area (Å²) in [6.45, 7) is 5.43. The van der Waals surface area contributed by atoms with Crippen LogP contribution in [0.4, 0.5) is 0 Å². The standard InChI is InChI=1S/C27H32N4O/c1-2-13-30-26(32)27(12-4-17-31(21-27)20-23-5-3-14-29-19-23)18-22-6-8-24(9-7-22)25-10-15-28-16-11-25/h3,5-11,14-16,19H,2,4,12-13,17-18,20-21H2,1H3,(H,30,32)/t27-/m1/s1. The number of likely N-dealkylation sites (tertiary alicyclic amines) is 1. The number of benzene rings is 1. The maximum Gasteiger partial charge on any atom is 0.227 e. The minimum absolute atomic E-state index is 0.188. The molecule has 1 aromatic carbocycles. The van der Waals surface area contributed by atoms with Crippen LogP contribution in [0.5, 0.6) is 0 Å². The Bertz CT molecular complexity index is 991. The number of nitrogens with one attached hydrogen (secondary N) is 1. The number of hydrogen-bond acceptors (Lipinski definition) is 4. The van der Waals surface area contributed by atoms with Crippen LogP contribution in [0.3, 0.4) is 0 Å². The van der Waals surface area contributed by atoms with Crippen LogP contribution in [0, 0.1) is 5.41 Å². The molecule has 1 amide bonds. The molecule has 5 heteroatoms. The summed E-state index contributed by atoms with van der Waals surface area (Å²) in [5, 5.41) is 3.20. The highest BCUT2D eigenvalue weighted by Gasteiger charge is 2.42. The highest BCUT2D eigenvalue weighted by atomic mass is 16.2. The van der Waals surface area contributed by atoms with E-state index in [1.807, 2.05) is 36.8 Å². The van der Waals surface area contributed by atoms with E-state index in [-0.39, 0.29) is 5.91 Å². The molecule has 1 fully saturated rings. The minimum atomic E-state index is -0.409. The number of rotatable bonds is 8. The molecule has 32 heavy (non-hydrogen) atoms. The van der Waals surface area contributed by atoms with Crippen LogP contribution in [-0.4, -0.2) is 40.4 Å². The third-order valence-electron chi connectivity index (χ3n) is 6.31. The number of pyridine rings is 2. The molecule has 3 aromatic rings. The van der Waals surface area contributed by atoms with E-state index in [9.17, 15) is 4.79 Å². The third-order valence-corrected chi connectivity index (χ3v) is 6.31. The Kier molecular flexibility index (Phi) is 7.28. The first-order valence-corrected chi connectivity index (χ1v) is 11.6. The van der Waals surface area contributed by atoms with E-state index in [1.165, 1.54) is 16.7 Å². The lowest BCUT2D eigenvalue weighted by Gasteiger charge is -2.42. The van der Waals surface area contributed by atoms with Gasteiger partial charge >= 0.3 is 0 Å². The maximum absolute atomic E-state index is 13.4. The molecule has 1 N–H and O–H groups in total. The van der Waals surface area contributed by atoms with Crippen molar-refractivity contribution in [2.45, 2.75) is 39.2 Å². The second kappa shape index (κ2) is 10.5. The zero-order valence-corrected chi connectivity index (χ0v) is 18.8. The van der Waals surface area contributed by atoms with E-state index in [1.54, 1.807) is 6.20 Å². The summed E-state index contributed by atoms with van der Waals surface area (Å²) in [5.41, 5.74) is 4.31. The van der Waals surface area contributed by atoms with Crippen LogP contribution in [0.15, 0.2) is 73.3 Å². The molecule has 2 aromatic heterocycles. The first-order valence-electron chi connectivity index (χ1n) is 11.6. The molecule has 5 nitrogen and oxygen atoms in total. The normalized spacial score (nSPS) is 18.9. The Balaban J connectivity index is 1.54. The van der Waals surface area contributed by atoms with Crippen molar-refractivity contribution in [3.05, 3.63) is 84.4 Å². The summed E-state index contributed by atoms with van der Waals surface area (Å²) < 4.78 is 0. The quantitative estimate of drug-likeness (QED) is 0.574. The lowest BCUT2D eigenvalue weighted by atomic mass is 9.74. The van der Waals surface area contributed by atoms with E-state index in [0.717, 1.165) is 57.4 Å². The Labute approximate surface area is 190 Å². The van der Waals surface area contributed by atoms with Crippen LogP contribution in [-0.2, 0) is 17.8 Å². The fourth-order valence-corrected chi connectivity index (χ4v) is 4.70. The van der Waals surface area contributed by atoms with Crippen molar-refractivity contribution < 1.29 is 4.79 Å². The van der Waals surface area contributed by atoms with Crippen molar-refractivity contribution in [3.8, 4) is 11.1 Å². The minimum Gasteiger partial charge on any atom is -0.356 e. The smallest absolute Gasteiger partial charge is 0.227 e. The molecule has 4 rings (SSSR count). The van der Waals surface area contributed by atoms with E-state index in [0.29, 0.717) is 0 Å². The van der Waals surface area contributed by atoms with Crippen LogP contribution in [0.2, 0.25) is 0 Å². The predicted molar refractivity (Wildman–Crippen MR) is 128 cm³/mol. The Morgan fingerprint density at radius 2 is 1.78 bits per heavy atom. The fourth-order valence-electron chi connectivity index (χ4n) is 4.70. The van der Waals surface area contributed by atoms with Gasteiger partial charge in [-0.1, -0.05) is 37.3 Å². The van der Waals surface area contributed by atoms with Crippen molar-refractivity contribution in [1.29, 1.82) is 0 Å². The Morgan fingerprint density at radius 3 is 2.50 bits per heavy atom. The molecule has 3 heterocycles. The van der Waals surface area contributed by atoms with Gasteiger partial charge in [-0.15, -0.1) is 0 Å². The van der Waals surface area contributed by atoms with Gasteiger partial charge in [0, 0.05) is 44.4 Å². The van der Waals surface area contributed by atoms with Gasteiger partial charge in [0.25, 0.3) is 0 Å². The molecule has 0 bridgehead atoms. The first-order chi connectivity index (χ1) is 15.7. The molecule has 1 aliphatic heterocycles. The Hall–Kier alpha value is -3.05. The maximum atomic E-state index is 13.4. The van der Waals surface area contributed by atoms with Gasteiger partial charge in [-0.2, -0.15) is 0 Å². The van der Waals surface area contributed by atoms with Gasteiger partial charge in [-0.25, -0.2) is 0 Å². The highest BCUT2D eigenvalue weighted by molar-refractivity contribution is 5.83. The van der Waals surface area contributed by atoms with Gasteiger partial charge in [0.15, 0.2) is 0 Å². The van der Waals surface area contributed by atoms with E-state index in [2.05, 4.69) is 57.4 Å². The molecule has 1 aliphatic rings. The predicted octanol–water partition coefficient (Wildman–Crippen LogP) is 4.49. The van der Waals surface area contributed by atoms with Gasteiger partial charge in [-0.05, 0) is 72.7 Å². The molecule has 166 valence electrons. The first kappa shape index (κ1) is 22.2. The molecule has 1 atom stereocenters. The monoisotopic (exact) mass is 428 g/mol. The zero-order chi connectivity index (χ0) is 22.2. The lowest BCUT2D eigenvalue weighted by Crippen LogP contribution is -2.53. The second-order valence-corrected chi connectivity index (χ2v) is 8.82. The number of amides is 1. The number of aromatic nitrogens is 2.